The Kier molecular flexibility index (Phi) is 26.7. The summed E-state index contributed by atoms with van der Waals surface area (Å²) in [4.78, 5) is 0. The van der Waals surface area contributed by atoms with Crippen molar-refractivity contribution >= 4 is 28.3 Å². The zero-order valence-corrected chi connectivity index (χ0v) is 22.7. The van der Waals surface area contributed by atoms with Crippen LogP contribution >= 0.6 is 24.0 Å². The Morgan fingerprint density at radius 3 is 1.38 bits per heavy atom. The zero-order valence-electron chi connectivity index (χ0n) is 18.1. The largest absolute Gasteiger partial charge is 0.371 e. The molecule has 0 heterocycles. The Hall–Kier alpha value is 0.863. The van der Waals surface area contributed by atoms with Crippen LogP contribution in [0.5, 0.6) is 0 Å². The Labute approximate surface area is 187 Å². The van der Waals surface area contributed by atoms with Gasteiger partial charge in [-0.2, -0.15) is 0 Å². The van der Waals surface area contributed by atoms with Gasteiger partial charge in [-0.25, -0.2) is 0 Å². The molecule has 0 saturated carbocycles. The molecule has 0 bridgehead atoms. The van der Waals surface area contributed by atoms with Crippen molar-refractivity contribution in [1.82, 2.24) is 5.32 Å². The average Bonchev–Trinajstić information content (AvgIpc) is 2.57. The van der Waals surface area contributed by atoms with E-state index in [4.69, 9.17) is 12.2 Å². The Morgan fingerprint density at radius 2 is 1.04 bits per heavy atom. The molecule has 0 fully saturated rings. The van der Waals surface area contributed by atoms with Crippen molar-refractivity contribution in [3.63, 3.8) is 0 Å². The smallest absolute Gasteiger partial charge is 0.134 e. The molecular weight excluding hydrogens is 408 g/mol. The second-order valence-corrected chi connectivity index (χ2v) is 9.94. The second-order valence-electron chi connectivity index (χ2n) is 7.68. The van der Waals surface area contributed by atoms with Gasteiger partial charge < -0.3 is 5.32 Å². The number of thioether (sulfide) groups is 1. The predicted octanol–water partition coefficient (Wildman–Crippen LogP) is 8.26. The summed E-state index contributed by atoms with van der Waals surface area (Å²) in [6.07, 6.45) is 22.8. The first-order valence-corrected chi connectivity index (χ1v) is 12.4. The minimum atomic E-state index is 0. The van der Waals surface area contributed by atoms with E-state index >= 15 is 0 Å². The molecule has 0 aliphatic rings. The summed E-state index contributed by atoms with van der Waals surface area (Å²) >= 11 is 7.06. The summed E-state index contributed by atoms with van der Waals surface area (Å²) in [7, 11) is 0. The Balaban J connectivity index is 0. The van der Waals surface area contributed by atoms with E-state index in [2.05, 4.69) is 26.1 Å². The van der Waals surface area contributed by atoms with Crippen LogP contribution in [0.25, 0.3) is 0 Å². The van der Waals surface area contributed by atoms with Crippen LogP contribution in [0, 0.1) is 0 Å². The van der Waals surface area contributed by atoms with Gasteiger partial charge >= 0.3 is 0 Å². The third kappa shape index (κ3) is 24.9. The maximum absolute atomic E-state index is 5.29. The van der Waals surface area contributed by atoms with E-state index in [1.165, 1.54) is 103 Å². The summed E-state index contributed by atoms with van der Waals surface area (Å²) in [5.41, 5.74) is 0. The van der Waals surface area contributed by atoms with E-state index in [1.54, 1.807) is 11.8 Å². The van der Waals surface area contributed by atoms with Crippen molar-refractivity contribution in [3.05, 3.63) is 0 Å². The molecule has 0 aliphatic heterocycles. The van der Waals surface area contributed by atoms with E-state index in [9.17, 15) is 0 Å². The quantitative estimate of drug-likeness (QED) is 0.128. The molecule has 1 N–H and O–H groups in total. The van der Waals surface area contributed by atoms with Gasteiger partial charge in [0.15, 0.2) is 0 Å². The molecule has 0 rings (SSSR count). The number of unbranched alkanes of at least 4 members (excludes halogenated alkanes) is 15. The van der Waals surface area contributed by atoms with Crippen LogP contribution in [0.15, 0.2) is 0 Å². The van der Waals surface area contributed by atoms with E-state index in [0.717, 1.165) is 10.9 Å². The first kappa shape index (κ1) is 29.1. The second kappa shape index (κ2) is 23.9. The molecule has 26 heavy (non-hydrogen) atoms. The van der Waals surface area contributed by atoms with Crippen molar-refractivity contribution in [2.75, 3.05) is 6.54 Å². The molecule has 1 nitrogen and oxygen atoms in total. The molecule has 0 spiro atoms. The van der Waals surface area contributed by atoms with Crippen LogP contribution in [0.4, 0.5) is 0 Å². The first-order valence-electron chi connectivity index (χ1n) is 11.1. The van der Waals surface area contributed by atoms with Gasteiger partial charge in [-0.1, -0.05) is 141 Å². The normalized spacial score (nSPS) is 10.8. The summed E-state index contributed by atoms with van der Waals surface area (Å²) in [5.74, 6) is 0. The molecule has 0 amide bonds. The minimum Gasteiger partial charge on any atom is -0.371 e. The SMILES string of the molecule is CCCCCCCCCCCCCCCCCCNC(=S)SC(C)C.[Zn]. The number of nitrogens with one attached hydrogen (secondary N) is 1. The standard InChI is InChI=1S/C22H45NS2.Zn/c1-4-5-6-7-8-9-10-11-12-13-14-15-16-17-18-19-20-23-22(24)25-21(2)3;/h21H,4-20H2,1-3H3,(H,23,24);. The van der Waals surface area contributed by atoms with Gasteiger partial charge in [0.2, 0.25) is 0 Å². The summed E-state index contributed by atoms with van der Waals surface area (Å²) in [6, 6.07) is 0. The summed E-state index contributed by atoms with van der Waals surface area (Å²) in [5, 5.41) is 3.95. The molecule has 0 radical (unpaired) electrons. The van der Waals surface area contributed by atoms with Gasteiger partial charge in [0.05, 0.1) is 0 Å². The van der Waals surface area contributed by atoms with Gasteiger partial charge in [-0.05, 0) is 6.42 Å². The number of hydrogen-bond acceptors (Lipinski definition) is 2. The van der Waals surface area contributed by atoms with Crippen molar-refractivity contribution in [3.8, 4) is 0 Å². The van der Waals surface area contributed by atoms with Gasteiger partial charge in [0.25, 0.3) is 0 Å². The maximum atomic E-state index is 5.29. The third-order valence-electron chi connectivity index (χ3n) is 4.64. The molecule has 0 atom stereocenters. The van der Waals surface area contributed by atoms with E-state index < -0.39 is 0 Å². The fourth-order valence-electron chi connectivity index (χ4n) is 3.12. The van der Waals surface area contributed by atoms with Crippen molar-refractivity contribution in [1.29, 1.82) is 0 Å². The number of thiocarbonyl (C=S) groups is 1. The molecule has 0 aromatic heterocycles. The fourth-order valence-corrected chi connectivity index (χ4v) is 4.41. The van der Waals surface area contributed by atoms with Crippen LogP contribution in [0.2, 0.25) is 0 Å². The van der Waals surface area contributed by atoms with Crippen LogP contribution in [0.1, 0.15) is 124 Å². The monoisotopic (exact) mass is 451 g/mol. The van der Waals surface area contributed by atoms with Gasteiger partial charge in [-0.15, -0.1) is 0 Å². The summed E-state index contributed by atoms with van der Waals surface area (Å²) < 4.78 is 0.968. The molecule has 0 unspecified atom stereocenters. The van der Waals surface area contributed by atoms with Gasteiger partial charge in [-0.3, -0.25) is 0 Å². The Bertz CT molecular complexity index is 285. The third-order valence-corrected chi connectivity index (χ3v) is 5.91. The molecule has 0 aliphatic carbocycles. The van der Waals surface area contributed by atoms with Crippen molar-refractivity contribution in [2.45, 2.75) is 129 Å². The van der Waals surface area contributed by atoms with Crippen molar-refractivity contribution < 1.29 is 19.5 Å². The van der Waals surface area contributed by atoms with Gasteiger partial charge in [0.1, 0.15) is 4.32 Å². The number of hydrogen-bond donors (Lipinski definition) is 1. The first-order chi connectivity index (χ1) is 12.2. The van der Waals surface area contributed by atoms with E-state index in [0.29, 0.717) is 5.25 Å². The van der Waals surface area contributed by atoms with Crippen LogP contribution in [-0.2, 0) is 19.5 Å². The molecule has 0 aromatic rings. The molecular formula is C22H45NS2Zn. The maximum Gasteiger partial charge on any atom is 0.134 e. The van der Waals surface area contributed by atoms with E-state index in [1.807, 2.05) is 0 Å². The Morgan fingerprint density at radius 1 is 0.692 bits per heavy atom. The summed E-state index contributed by atoms with van der Waals surface area (Å²) in [6.45, 7) is 7.72. The van der Waals surface area contributed by atoms with Crippen molar-refractivity contribution in [2.24, 2.45) is 0 Å². The minimum absolute atomic E-state index is 0. The predicted molar refractivity (Wildman–Crippen MR) is 123 cm³/mol. The van der Waals surface area contributed by atoms with Crippen LogP contribution in [0.3, 0.4) is 0 Å². The molecule has 4 heteroatoms. The van der Waals surface area contributed by atoms with E-state index in [-0.39, 0.29) is 19.5 Å². The molecule has 0 saturated heterocycles. The van der Waals surface area contributed by atoms with Gasteiger partial charge in [0, 0.05) is 31.3 Å². The molecule has 0 aromatic carbocycles. The zero-order chi connectivity index (χ0) is 18.6. The topological polar surface area (TPSA) is 12.0 Å². The average molecular weight is 453 g/mol. The molecule has 152 valence electrons. The van der Waals surface area contributed by atoms with Crippen LogP contribution < -0.4 is 5.32 Å². The number of rotatable bonds is 18. The van der Waals surface area contributed by atoms with Crippen LogP contribution in [-0.4, -0.2) is 16.1 Å². The fraction of sp³-hybridized carbons (Fsp3) is 0.955.